The SMILES string of the molecule is CSc1ccc(COC(=O)CN2C(=O)c3ccccc3C2=O)cc1. The molecule has 2 amide bonds. The van der Waals surface area contributed by atoms with E-state index in [1.165, 1.54) is 0 Å². The third-order valence-electron chi connectivity index (χ3n) is 3.72. The Bertz CT molecular complexity index is 766. The van der Waals surface area contributed by atoms with Gasteiger partial charge in [-0.2, -0.15) is 0 Å². The lowest BCUT2D eigenvalue weighted by Gasteiger charge is -2.13. The second kappa shape index (κ2) is 6.88. The molecular weight excluding hydrogens is 326 g/mol. The van der Waals surface area contributed by atoms with Crippen LogP contribution in [-0.2, 0) is 16.1 Å². The molecule has 0 radical (unpaired) electrons. The summed E-state index contributed by atoms with van der Waals surface area (Å²) in [6, 6.07) is 14.2. The quantitative estimate of drug-likeness (QED) is 0.475. The zero-order valence-electron chi connectivity index (χ0n) is 13.0. The van der Waals surface area contributed by atoms with Crippen LogP contribution in [0.1, 0.15) is 26.3 Å². The summed E-state index contributed by atoms with van der Waals surface area (Å²) in [7, 11) is 0. The smallest absolute Gasteiger partial charge is 0.326 e. The van der Waals surface area contributed by atoms with Crippen LogP contribution in [0, 0.1) is 0 Å². The van der Waals surface area contributed by atoms with Gasteiger partial charge >= 0.3 is 5.97 Å². The number of thioether (sulfide) groups is 1. The summed E-state index contributed by atoms with van der Waals surface area (Å²) in [4.78, 5) is 38.4. The number of imide groups is 1. The van der Waals surface area contributed by atoms with E-state index < -0.39 is 17.8 Å². The van der Waals surface area contributed by atoms with E-state index in [9.17, 15) is 14.4 Å². The van der Waals surface area contributed by atoms with Crippen molar-refractivity contribution in [3.63, 3.8) is 0 Å². The summed E-state index contributed by atoms with van der Waals surface area (Å²) < 4.78 is 5.17. The van der Waals surface area contributed by atoms with Crippen LogP contribution in [0.15, 0.2) is 53.4 Å². The lowest BCUT2D eigenvalue weighted by molar-refractivity contribution is -0.145. The Morgan fingerprint density at radius 1 is 1.00 bits per heavy atom. The molecule has 0 aromatic heterocycles. The van der Waals surface area contributed by atoms with E-state index in [0.29, 0.717) is 11.1 Å². The number of benzene rings is 2. The molecule has 6 heteroatoms. The Kier molecular flexibility index (Phi) is 4.66. The third kappa shape index (κ3) is 3.19. The van der Waals surface area contributed by atoms with E-state index in [0.717, 1.165) is 15.4 Å². The maximum Gasteiger partial charge on any atom is 0.326 e. The summed E-state index contributed by atoms with van der Waals surface area (Å²) in [5, 5.41) is 0. The van der Waals surface area contributed by atoms with Crippen molar-refractivity contribution >= 4 is 29.5 Å². The molecule has 0 unspecified atom stereocenters. The number of carbonyl (C=O) groups is 3. The molecule has 24 heavy (non-hydrogen) atoms. The average molecular weight is 341 g/mol. The summed E-state index contributed by atoms with van der Waals surface area (Å²) in [5.74, 6) is -1.54. The molecule has 1 heterocycles. The van der Waals surface area contributed by atoms with Crippen molar-refractivity contribution in [3.05, 3.63) is 65.2 Å². The molecule has 1 aliphatic heterocycles. The number of nitrogens with zero attached hydrogens (tertiary/aromatic N) is 1. The average Bonchev–Trinajstić information content (AvgIpc) is 2.86. The van der Waals surface area contributed by atoms with Crippen molar-refractivity contribution in [2.45, 2.75) is 11.5 Å². The zero-order chi connectivity index (χ0) is 17.1. The van der Waals surface area contributed by atoms with Crippen molar-refractivity contribution in [2.75, 3.05) is 12.8 Å². The number of esters is 1. The predicted octanol–water partition coefficient (Wildman–Crippen LogP) is 2.75. The van der Waals surface area contributed by atoms with Gasteiger partial charge in [0.15, 0.2) is 0 Å². The Balaban J connectivity index is 1.59. The van der Waals surface area contributed by atoms with Gasteiger partial charge in [-0.25, -0.2) is 0 Å². The fourth-order valence-electron chi connectivity index (χ4n) is 2.44. The van der Waals surface area contributed by atoms with Crippen LogP contribution in [0.2, 0.25) is 0 Å². The topological polar surface area (TPSA) is 63.7 Å². The standard InChI is InChI=1S/C18H15NO4S/c1-24-13-8-6-12(7-9-13)11-23-16(20)10-19-17(21)14-4-2-3-5-15(14)18(19)22/h2-9H,10-11H2,1H3. The maximum absolute atomic E-state index is 12.2. The highest BCUT2D eigenvalue weighted by Crippen LogP contribution is 2.22. The van der Waals surface area contributed by atoms with Gasteiger partial charge in [-0.15, -0.1) is 11.8 Å². The van der Waals surface area contributed by atoms with Gasteiger partial charge in [-0.05, 0) is 36.1 Å². The van der Waals surface area contributed by atoms with Gasteiger partial charge < -0.3 is 4.74 Å². The number of hydrogen-bond acceptors (Lipinski definition) is 5. The molecular formula is C18H15NO4S. The van der Waals surface area contributed by atoms with Crippen molar-refractivity contribution in [1.29, 1.82) is 0 Å². The minimum Gasteiger partial charge on any atom is -0.459 e. The number of ether oxygens (including phenoxy) is 1. The van der Waals surface area contributed by atoms with Gasteiger partial charge in [0.2, 0.25) is 0 Å². The van der Waals surface area contributed by atoms with E-state index in [-0.39, 0.29) is 13.2 Å². The van der Waals surface area contributed by atoms with Crippen LogP contribution >= 0.6 is 11.8 Å². The van der Waals surface area contributed by atoms with Crippen LogP contribution in [0.4, 0.5) is 0 Å². The minimum atomic E-state index is -0.613. The molecule has 0 aliphatic carbocycles. The number of fused-ring (bicyclic) bond motifs is 1. The molecule has 2 aromatic rings. The molecule has 1 aliphatic rings. The molecule has 2 aromatic carbocycles. The largest absolute Gasteiger partial charge is 0.459 e. The summed E-state index contributed by atoms with van der Waals surface area (Å²) in [6.07, 6.45) is 1.98. The predicted molar refractivity (Wildman–Crippen MR) is 89.8 cm³/mol. The van der Waals surface area contributed by atoms with Crippen LogP contribution in [0.25, 0.3) is 0 Å². The highest BCUT2D eigenvalue weighted by Gasteiger charge is 2.36. The van der Waals surface area contributed by atoms with E-state index in [4.69, 9.17) is 4.74 Å². The van der Waals surface area contributed by atoms with E-state index >= 15 is 0 Å². The third-order valence-corrected chi connectivity index (χ3v) is 4.47. The molecule has 0 saturated heterocycles. The lowest BCUT2D eigenvalue weighted by Crippen LogP contribution is -2.35. The summed E-state index contributed by atoms with van der Waals surface area (Å²) >= 11 is 1.63. The Morgan fingerprint density at radius 2 is 1.58 bits per heavy atom. The van der Waals surface area contributed by atoms with E-state index in [2.05, 4.69) is 0 Å². The van der Waals surface area contributed by atoms with Gasteiger partial charge in [0, 0.05) is 4.90 Å². The Labute approximate surface area is 143 Å². The lowest BCUT2D eigenvalue weighted by atomic mass is 10.1. The molecule has 122 valence electrons. The molecule has 0 bridgehead atoms. The van der Waals surface area contributed by atoms with Crippen molar-refractivity contribution < 1.29 is 19.1 Å². The molecule has 3 rings (SSSR count). The van der Waals surface area contributed by atoms with Crippen molar-refractivity contribution in [1.82, 2.24) is 4.90 Å². The van der Waals surface area contributed by atoms with Crippen LogP contribution in [-0.4, -0.2) is 35.5 Å². The Morgan fingerprint density at radius 3 is 2.12 bits per heavy atom. The molecule has 0 atom stereocenters. The zero-order valence-corrected chi connectivity index (χ0v) is 13.8. The van der Waals surface area contributed by atoms with Gasteiger partial charge in [0.1, 0.15) is 13.2 Å². The number of carbonyl (C=O) groups excluding carboxylic acids is 3. The monoisotopic (exact) mass is 341 g/mol. The van der Waals surface area contributed by atoms with Crippen LogP contribution in [0.3, 0.4) is 0 Å². The molecule has 0 fully saturated rings. The van der Waals surface area contributed by atoms with Crippen LogP contribution in [0.5, 0.6) is 0 Å². The van der Waals surface area contributed by atoms with Gasteiger partial charge in [-0.1, -0.05) is 24.3 Å². The van der Waals surface area contributed by atoms with E-state index in [1.807, 2.05) is 30.5 Å². The maximum atomic E-state index is 12.2. The van der Waals surface area contributed by atoms with Gasteiger partial charge in [0.05, 0.1) is 11.1 Å². The fourth-order valence-corrected chi connectivity index (χ4v) is 2.85. The summed E-state index contributed by atoms with van der Waals surface area (Å²) in [5.41, 5.74) is 1.49. The minimum absolute atomic E-state index is 0.108. The second-order valence-electron chi connectivity index (χ2n) is 5.25. The molecule has 0 spiro atoms. The number of amides is 2. The molecule has 0 N–H and O–H groups in total. The second-order valence-corrected chi connectivity index (χ2v) is 6.13. The first-order valence-corrected chi connectivity index (χ1v) is 8.56. The normalized spacial score (nSPS) is 13.1. The van der Waals surface area contributed by atoms with Crippen molar-refractivity contribution in [2.24, 2.45) is 0 Å². The number of rotatable bonds is 5. The first-order chi connectivity index (χ1) is 11.6. The number of hydrogen-bond donors (Lipinski definition) is 0. The van der Waals surface area contributed by atoms with Gasteiger partial charge in [-0.3, -0.25) is 19.3 Å². The van der Waals surface area contributed by atoms with Crippen molar-refractivity contribution in [3.8, 4) is 0 Å². The highest BCUT2D eigenvalue weighted by atomic mass is 32.2. The first kappa shape index (κ1) is 16.3. The molecule has 0 saturated carbocycles. The summed E-state index contributed by atoms with van der Waals surface area (Å²) in [6.45, 7) is -0.272. The van der Waals surface area contributed by atoms with Crippen LogP contribution < -0.4 is 0 Å². The Hall–Kier alpha value is -2.60. The van der Waals surface area contributed by atoms with Gasteiger partial charge in [0.25, 0.3) is 11.8 Å². The van der Waals surface area contributed by atoms with E-state index in [1.54, 1.807) is 36.0 Å². The fraction of sp³-hybridized carbons (Fsp3) is 0.167. The highest BCUT2D eigenvalue weighted by molar-refractivity contribution is 7.98. The first-order valence-electron chi connectivity index (χ1n) is 7.34. The molecule has 5 nitrogen and oxygen atoms in total.